The monoisotopic (exact) mass is 98.1 g/mol. The molecule has 1 aliphatic rings. The zero-order valence-electron chi connectivity index (χ0n) is 5.02. The van der Waals surface area contributed by atoms with Gasteiger partial charge in [0.05, 0.1) is 0 Å². The molecule has 2 unspecified atom stereocenters. The summed E-state index contributed by atoms with van der Waals surface area (Å²) >= 11 is 0. The highest BCUT2D eigenvalue weighted by Gasteiger charge is 2.16. The first-order valence-corrected chi connectivity index (χ1v) is 2.99. The van der Waals surface area contributed by atoms with Crippen molar-refractivity contribution in [1.82, 2.24) is 5.32 Å². The fourth-order valence-electron chi connectivity index (χ4n) is 1.07. The number of hydrogen-bond donors (Lipinski definition) is 0. The Morgan fingerprint density at radius 2 is 1.57 bits per heavy atom. The lowest BCUT2D eigenvalue weighted by Gasteiger charge is -1.98. The third-order valence-corrected chi connectivity index (χ3v) is 1.51. The molecular formula is C6H12N. The molecule has 0 N–H and O–H groups in total. The number of rotatable bonds is 0. The quantitative estimate of drug-likeness (QED) is 0.431. The van der Waals surface area contributed by atoms with E-state index in [2.05, 4.69) is 19.2 Å². The first kappa shape index (κ1) is 5.10. The summed E-state index contributed by atoms with van der Waals surface area (Å²) in [6, 6.07) is 1.30. The van der Waals surface area contributed by atoms with Crippen LogP contribution in [-0.4, -0.2) is 12.1 Å². The van der Waals surface area contributed by atoms with Crippen LogP contribution in [0.15, 0.2) is 0 Å². The van der Waals surface area contributed by atoms with Crippen molar-refractivity contribution in [3.05, 3.63) is 0 Å². The predicted octanol–water partition coefficient (Wildman–Crippen LogP) is 1.16. The van der Waals surface area contributed by atoms with E-state index >= 15 is 0 Å². The Balaban J connectivity index is 2.26. The standard InChI is InChI=1S/C6H12N/c1-5-3-4-6(2)7-5/h5-6H,3-4H2,1-2H3. The minimum Gasteiger partial charge on any atom is -0.236 e. The second-order valence-electron chi connectivity index (χ2n) is 2.42. The average Bonchev–Trinajstić information content (AvgIpc) is 1.87. The van der Waals surface area contributed by atoms with Gasteiger partial charge in [-0.3, -0.25) is 0 Å². The van der Waals surface area contributed by atoms with Gasteiger partial charge in [0, 0.05) is 12.1 Å². The summed E-state index contributed by atoms with van der Waals surface area (Å²) in [5, 5.41) is 4.39. The first-order chi connectivity index (χ1) is 3.29. The molecule has 0 aliphatic carbocycles. The normalized spacial score (nSPS) is 42.0. The molecule has 1 heteroatoms. The predicted molar refractivity (Wildman–Crippen MR) is 30.3 cm³/mol. The van der Waals surface area contributed by atoms with E-state index in [4.69, 9.17) is 0 Å². The lowest BCUT2D eigenvalue weighted by Crippen LogP contribution is -2.15. The average molecular weight is 98.2 g/mol. The van der Waals surface area contributed by atoms with E-state index in [1.807, 2.05) is 0 Å². The van der Waals surface area contributed by atoms with Crippen molar-refractivity contribution in [1.29, 1.82) is 0 Å². The molecular weight excluding hydrogens is 86.1 g/mol. The molecule has 0 aromatic rings. The molecule has 0 bridgehead atoms. The summed E-state index contributed by atoms with van der Waals surface area (Å²) in [4.78, 5) is 0. The Hall–Kier alpha value is -0.0400. The fourth-order valence-corrected chi connectivity index (χ4v) is 1.07. The van der Waals surface area contributed by atoms with Crippen LogP contribution in [0.2, 0.25) is 0 Å². The lowest BCUT2D eigenvalue weighted by molar-refractivity contribution is 0.582. The fraction of sp³-hybridized carbons (Fsp3) is 1.00. The van der Waals surface area contributed by atoms with Gasteiger partial charge in [-0.25, -0.2) is 5.32 Å². The molecule has 0 aromatic carbocycles. The van der Waals surface area contributed by atoms with Gasteiger partial charge in [0.2, 0.25) is 0 Å². The molecule has 1 radical (unpaired) electrons. The molecule has 1 rings (SSSR count). The van der Waals surface area contributed by atoms with Crippen LogP contribution in [0.5, 0.6) is 0 Å². The van der Waals surface area contributed by atoms with Crippen molar-refractivity contribution in [2.45, 2.75) is 38.8 Å². The van der Waals surface area contributed by atoms with Gasteiger partial charge in [0.15, 0.2) is 0 Å². The van der Waals surface area contributed by atoms with E-state index in [9.17, 15) is 0 Å². The van der Waals surface area contributed by atoms with Gasteiger partial charge in [-0.1, -0.05) is 0 Å². The minimum absolute atomic E-state index is 0.648. The molecule has 1 heterocycles. The molecule has 1 nitrogen and oxygen atoms in total. The molecule has 0 spiro atoms. The highest BCUT2D eigenvalue weighted by atomic mass is 15.0. The van der Waals surface area contributed by atoms with Crippen molar-refractivity contribution in [3.8, 4) is 0 Å². The lowest BCUT2D eigenvalue weighted by atomic mass is 10.2. The van der Waals surface area contributed by atoms with Crippen LogP contribution >= 0.6 is 0 Å². The summed E-state index contributed by atoms with van der Waals surface area (Å²) < 4.78 is 0. The van der Waals surface area contributed by atoms with Crippen molar-refractivity contribution in [2.24, 2.45) is 0 Å². The van der Waals surface area contributed by atoms with E-state index < -0.39 is 0 Å². The molecule has 1 aliphatic heterocycles. The molecule has 1 fully saturated rings. The number of hydrogen-bond acceptors (Lipinski definition) is 0. The summed E-state index contributed by atoms with van der Waals surface area (Å²) in [5.41, 5.74) is 0. The third-order valence-electron chi connectivity index (χ3n) is 1.51. The van der Waals surface area contributed by atoms with E-state index in [0.717, 1.165) is 0 Å². The van der Waals surface area contributed by atoms with E-state index in [0.29, 0.717) is 12.1 Å². The molecule has 0 aromatic heterocycles. The van der Waals surface area contributed by atoms with Crippen LogP contribution in [0.25, 0.3) is 0 Å². The van der Waals surface area contributed by atoms with E-state index in [-0.39, 0.29) is 0 Å². The van der Waals surface area contributed by atoms with Crippen LogP contribution in [0, 0.1) is 0 Å². The number of nitrogens with zero attached hydrogens (tertiary/aromatic N) is 1. The highest BCUT2D eigenvalue weighted by Crippen LogP contribution is 2.11. The smallest absolute Gasteiger partial charge is 0.0221 e. The maximum Gasteiger partial charge on any atom is 0.0221 e. The summed E-state index contributed by atoms with van der Waals surface area (Å²) in [6.45, 7) is 4.37. The van der Waals surface area contributed by atoms with E-state index in [1.165, 1.54) is 12.8 Å². The van der Waals surface area contributed by atoms with Crippen LogP contribution in [0.3, 0.4) is 0 Å². The Morgan fingerprint density at radius 3 is 1.71 bits per heavy atom. The first-order valence-electron chi connectivity index (χ1n) is 2.99. The van der Waals surface area contributed by atoms with Crippen LogP contribution in [0.1, 0.15) is 26.7 Å². The Labute approximate surface area is 45.1 Å². The van der Waals surface area contributed by atoms with Gasteiger partial charge in [-0.15, -0.1) is 0 Å². The molecule has 41 valence electrons. The van der Waals surface area contributed by atoms with Crippen LogP contribution < -0.4 is 5.32 Å². The van der Waals surface area contributed by atoms with Gasteiger partial charge < -0.3 is 0 Å². The van der Waals surface area contributed by atoms with Gasteiger partial charge in [-0.2, -0.15) is 0 Å². The maximum absolute atomic E-state index is 4.39. The summed E-state index contributed by atoms with van der Waals surface area (Å²) in [7, 11) is 0. The Bertz CT molecular complexity index is 53.2. The Morgan fingerprint density at radius 1 is 1.14 bits per heavy atom. The van der Waals surface area contributed by atoms with E-state index in [1.54, 1.807) is 0 Å². The zero-order chi connectivity index (χ0) is 5.28. The second kappa shape index (κ2) is 1.83. The largest absolute Gasteiger partial charge is 0.236 e. The van der Waals surface area contributed by atoms with Gasteiger partial charge >= 0.3 is 0 Å². The highest BCUT2D eigenvalue weighted by molar-refractivity contribution is 4.75. The van der Waals surface area contributed by atoms with Gasteiger partial charge in [0.25, 0.3) is 0 Å². The Kier molecular flexibility index (Phi) is 1.33. The summed E-state index contributed by atoms with van der Waals surface area (Å²) in [5.74, 6) is 0. The third kappa shape index (κ3) is 1.16. The van der Waals surface area contributed by atoms with Crippen molar-refractivity contribution < 1.29 is 0 Å². The van der Waals surface area contributed by atoms with Crippen LogP contribution in [0.4, 0.5) is 0 Å². The minimum atomic E-state index is 0.648. The molecule has 2 atom stereocenters. The van der Waals surface area contributed by atoms with Crippen LogP contribution in [-0.2, 0) is 0 Å². The maximum atomic E-state index is 4.39. The molecule has 7 heavy (non-hydrogen) atoms. The van der Waals surface area contributed by atoms with Crippen molar-refractivity contribution in [2.75, 3.05) is 0 Å². The molecule has 0 saturated carbocycles. The van der Waals surface area contributed by atoms with Crippen molar-refractivity contribution >= 4 is 0 Å². The summed E-state index contributed by atoms with van der Waals surface area (Å²) in [6.07, 6.45) is 2.61. The zero-order valence-corrected chi connectivity index (χ0v) is 5.02. The molecule has 0 amide bonds. The van der Waals surface area contributed by atoms with Crippen molar-refractivity contribution in [3.63, 3.8) is 0 Å². The second-order valence-corrected chi connectivity index (χ2v) is 2.42. The van der Waals surface area contributed by atoms with Gasteiger partial charge in [-0.05, 0) is 26.7 Å². The SMILES string of the molecule is CC1CCC(C)[N]1. The van der Waals surface area contributed by atoms with Gasteiger partial charge in [0.1, 0.15) is 0 Å². The molecule has 1 saturated heterocycles. The topological polar surface area (TPSA) is 14.1 Å².